The lowest BCUT2D eigenvalue weighted by Gasteiger charge is -2.27. The fourth-order valence-electron chi connectivity index (χ4n) is 1.91. The third-order valence-corrected chi connectivity index (χ3v) is 3.62. The molecule has 1 fully saturated rings. The lowest BCUT2D eigenvalue weighted by Crippen LogP contribution is -2.45. The molecule has 0 bridgehead atoms. The van der Waals surface area contributed by atoms with Gasteiger partial charge in [0.25, 0.3) is 0 Å². The Morgan fingerprint density at radius 1 is 1.44 bits per heavy atom. The number of hydrogen-bond donors (Lipinski definition) is 1. The average Bonchev–Trinajstić information content (AvgIpc) is 2.43. The maximum atomic E-state index is 11.8. The maximum Gasteiger partial charge on any atom is 0.236 e. The molecule has 5 heteroatoms. The highest BCUT2D eigenvalue weighted by Gasteiger charge is 2.16. The fourth-order valence-corrected chi connectivity index (χ4v) is 1.91. The van der Waals surface area contributed by atoms with Gasteiger partial charge in [-0.1, -0.05) is 6.92 Å². The molecule has 1 rings (SSSR count). The minimum Gasteiger partial charge on any atom is -0.378 e. The van der Waals surface area contributed by atoms with Crippen LogP contribution >= 0.6 is 0 Å². The molecular formula is C13H27N3O2. The Hall–Kier alpha value is -0.650. The Balaban J connectivity index is 2.08. The number of hydrogen-bond acceptors (Lipinski definition) is 4. The lowest BCUT2D eigenvalue weighted by molar-refractivity contribution is -0.134. The SMILES string of the molecule is CCC(C)N(C)CCNCC(=O)N1CCOCC1. The van der Waals surface area contributed by atoms with Gasteiger partial charge in [0.15, 0.2) is 0 Å². The van der Waals surface area contributed by atoms with E-state index in [1.165, 1.54) is 0 Å². The summed E-state index contributed by atoms with van der Waals surface area (Å²) in [6.07, 6.45) is 1.16. The van der Waals surface area contributed by atoms with E-state index in [0.717, 1.165) is 32.6 Å². The number of nitrogens with one attached hydrogen (secondary N) is 1. The van der Waals surface area contributed by atoms with Crippen molar-refractivity contribution < 1.29 is 9.53 Å². The summed E-state index contributed by atoms with van der Waals surface area (Å²) in [6.45, 7) is 9.48. The van der Waals surface area contributed by atoms with Crippen LogP contribution < -0.4 is 5.32 Å². The van der Waals surface area contributed by atoms with Crippen molar-refractivity contribution in [2.75, 3.05) is 53.0 Å². The molecule has 106 valence electrons. The van der Waals surface area contributed by atoms with Crippen LogP contribution in [-0.2, 0) is 9.53 Å². The first-order valence-corrected chi connectivity index (χ1v) is 6.91. The third kappa shape index (κ3) is 5.33. The summed E-state index contributed by atoms with van der Waals surface area (Å²) in [5, 5.41) is 3.22. The molecule has 18 heavy (non-hydrogen) atoms. The molecule has 1 heterocycles. The smallest absolute Gasteiger partial charge is 0.236 e. The van der Waals surface area contributed by atoms with Crippen molar-refractivity contribution in [3.05, 3.63) is 0 Å². The van der Waals surface area contributed by atoms with Crippen LogP contribution in [0.3, 0.4) is 0 Å². The number of likely N-dealkylation sites (N-methyl/N-ethyl adjacent to an activating group) is 1. The van der Waals surface area contributed by atoms with Gasteiger partial charge in [0.1, 0.15) is 0 Å². The summed E-state index contributed by atoms with van der Waals surface area (Å²) in [5.74, 6) is 0.185. The van der Waals surface area contributed by atoms with Crippen LogP contribution in [0, 0.1) is 0 Å². The molecule has 1 aliphatic rings. The first-order valence-electron chi connectivity index (χ1n) is 6.91. The molecule has 1 atom stereocenters. The van der Waals surface area contributed by atoms with Crippen LogP contribution in [0.1, 0.15) is 20.3 Å². The zero-order valence-corrected chi connectivity index (χ0v) is 11.9. The van der Waals surface area contributed by atoms with Crippen molar-refractivity contribution in [2.24, 2.45) is 0 Å². The van der Waals surface area contributed by atoms with Crippen LogP contribution in [-0.4, -0.2) is 74.7 Å². The molecule has 1 unspecified atom stereocenters. The molecule has 0 aromatic carbocycles. The van der Waals surface area contributed by atoms with Crippen molar-refractivity contribution in [1.82, 2.24) is 15.1 Å². The fraction of sp³-hybridized carbons (Fsp3) is 0.923. The standard InChI is InChI=1S/C13H27N3O2/c1-4-12(2)15(3)6-5-14-11-13(17)16-7-9-18-10-8-16/h12,14H,4-11H2,1-3H3. The maximum absolute atomic E-state index is 11.8. The molecule has 1 amide bonds. The largest absolute Gasteiger partial charge is 0.378 e. The van der Waals surface area contributed by atoms with Gasteiger partial charge in [-0.2, -0.15) is 0 Å². The Labute approximate surface area is 110 Å². The van der Waals surface area contributed by atoms with Crippen LogP contribution in [0.2, 0.25) is 0 Å². The average molecular weight is 257 g/mol. The van der Waals surface area contributed by atoms with Gasteiger partial charge in [-0.05, 0) is 20.4 Å². The van der Waals surface area contributed by atoms with Crippen LogP contribution in [0.4, 0.5) is 0 Å². The zero-order chi connectivity index (χ0) is 13.4. The number of rotatable bonds is 7. The normalized spacial score (nSPS) is 18.1. The molecule has 5 nitrogen and oxygen atoms in total. The molecule has 1 N–H and O–H groups in total. The van der Waals surface area contributed by atoms with E-state index in [9.17, 15) is 4.79 Å². The summed E-state index contributed by atoms with van der Waals surface area (Å²) in [4.78, 5) is 16.0. The topological polar surface area (TPSA) is 44.8 Å². The monoisotopic (exact) mass is 257 g/mol. The Morgan fingerprint density at radius 2 is 2.11 bits per heavy atom. The second kappa shape index (κ2) is 8.45. The van der Waals surface area contributed by atoms with E-state index in [1.807, 2.05) is 4.90 Å². The molecular weight excluding hydrogens is 230 g/mol. The van der Waals surface area contributed by atoms with E-state index in [2.05, 4.69) is 31.1 Å². The molecule has 1 saturated heterocycles. The lowest BCUT2D eigenvalue weighted by atomic mass is 10.2. The van der Waals surface area contributed by atoms with Gasteiger partial charge < -0.3 is 19.9 Å². The van der Waals surface area contributed by atoms with E-state index >= 15 is 0 Å². The van der Waals surface area contributed by atoms with Crippen LogP contribution in [0.15, 0.2) is 0 Å². The molecule has 0 spiro atoms. The predicted molar refractivity (Wildman–Crippen MR) is 72.7 cm³/mol. The quantitative estimate of drug-likeness (QED) is 0.660. The van der Waals surface area contributed by atoms with Gasteiger partial charge in [0.05, 0.1) is 19.8 Å². The van der Waals surface area contributed by atoms with Crippen LogP contribution in [0.25, 0.3) is 0 Å². The summed E-state index contributed by atoms with van der Waals surface area (Å²) >= 11 is 0. The van der Waals surface area contributed by atoms with Gasteiger partial charge in [0, 0.05) is 32.2 Å². The van der Waals surface area contributed by atoms with Crippen molar-refractivity contribution in [3.8, 4) is 0 Å². The second-order valence-corrected chi connectivity index (χ2v) is 4.91. The molecule has 0 saturated carbocycles. The van der Waals surface area contributed by atoms with E-state index < -0.39 is 0 Å². The van der Waals surface area contributed by atoms with Gasteiger partial charge in [-0.15, -0.1) is 0 Å². The van der Waals surface area contributed by atoms with Crippen molar-refractivity contribution in [1.29, 1.82) is 0 Å². The Kier molecular flexibility index (Phi) is 7.23. The van der Waals surface area contributed by atoms with Crippen molar-refractivity contribution >= 4 is 5.91 Å². The highest BCUT2D eigenvalue weighted by Crippen LogP contribution is 1.98. The number of amides is 1. The van der Waals surface area contributed by atoms with E-state index in [1.54, 1.807) is 0 Å². The van der Waals surface area contributed by atoms with E-state index in [4.69, 9.17) is 4.74 Å². The first-order chi connectivity index (χ1) is 8.65. The van der Waals surface area contributed by atoms with E-state index in [0.29, 0.717) is 25.8 Å². The molecule has 0 aromatic heterocycles. The highest BCUT2D eigenvalue weighted by atomic mass is 16.5. The number of nitrogens with zero attached hydrogens (tertiary/aromatic N) is 2. The van der Waals surface area contributed by atoms with Crippen molar-refractivity contribution in [3.63, 3.8) is 0 Å². The van der Waals surface area contributed by atoms with Crippen molar-refractivity contribution in [2.45, 2.75) is 26.3 Å². The summed E-state index contributed by atoms with van der Waals surface area (Å²) in [7, 11) is 2.12. The van der Waals surface area contributed by atoms with Gasteiger partial charge in [-0.3, -0.25) is 4.79 Å². The molecule has 0 radical (unpaired) electrons. The zero-order valence-electron chi connectivity index (χ0n) is 11.9. The summed E-state index contributed by atoms with van der Waals surface area (Å²) < 4.78 is 5.22. The molecule has 0 aliphatic carbocycles. The highest BCUT2D eigenvalue weighted by molar-refractivity contribution is 5.78. The summed E-state index contributed by atoms with van der Waals surface area (Å²) in [5.41, 5.74) is 0. The molecule has 1 aliphatic heterocycles. The predicted octanol–water partition coefficient (Wildman–Crippen LogP) is 0.165. The van der Waals surface area contributed by atoms with Crippen LogP contribution in [0.5, 0.6) is 0 Å². The number of ether oxygens (including phenoxy) is 1. The third-order valence-electron chi connectivity index (χ3n) is 3.62. The molecule has 0 aromatic rings. The van der Waals surface area contributed by atoms with Gasteiger partial charge >= 0.3 is 0 Å². The number of carbonyl (C=O) groups excluding carboxylic acids is 1. The Bertz CT molecular complexity index is 242. The first kappa shape index (κ1) is 15.4. The van der Waals surface area contributed by atoms with Gasteiger partial charge in [-0.25, -0.2) is 0 Å². The number of carbonyl (C=O) groups is 1. The number of morpholine rings is 1. The van der Waals surface area contributed by atoms with E-state index in [-0.39, 0.29) is 5.91 Å². The summed E-state index contributed by atoms with van der Waals surface area (Å²) in [6, 6.07) is 0.599. The minimum absolute atomic E-state index is 0.185. The van der Waals surface area contributed by atoms with Gasteiger partial charge in [0.2, 0.25) is 5.91 Å². The minimum atomic E-state index is 0.185. The Morgan fingerprint density at radius 3 is 2.72 bits per heavy atom. The second-order valence-electron chi connectivity index (χ2n) is 4.91.